The van der Waals surface area contributed by atoms with E-state index in [-0.39, 0.29) is 6.04 Å². The number of nitrogens with zero attached hydrogens (tertiary/aromatic N) is 5. The lowest BCUT2D eigenvalue weighted by Crippen LogP contribution is -2.46. The Balaban J connectivity index is 1.35. The Hall–Kier alpha value is -2.14. The summed E-state index contributed by atoms with van der Waals surface area (Å²) in [6.07, 6.45) is 5.33. The van der Waals surface area contributed by atoms with Crippen LogP contribution in [0.15, 0.2) is 40.4 Å². The molecule has 10 heteroatoms. The van der Waals surface area contributed by atoms with Crippen LogP contribution in [0, 0.1) is 0 Å². The van der Waals surface area contributed by atoms with Crippen molar-refractivity contribution in [3.8, 4) is 0 Å². The highest BCUT2D eigenvalue weighted by molar-refractivity contribution is 7.85. The number of morpholine rings is 1. The molecule has 2 fully saturated rings. The highest BCUT2D eigenvalue weighted by Crippen LogP contribution is 2.29. The van der Waals surface area contributed by atoms with Crippen LogP contribution in [0.3, 0.4) is 0 Å². The molecule has 0 saturated carbocycles. The summed E-state index contributed by atoms with van der Waals surface area (Å²) in [6.45, 7) is 5.02. The van der Waals surface area contributed by atoms with Crippen LogP contribution < -0.4 is 14.5 Å². The van der Waals surface area contributed by atoms with Crippen LogP contribution in [-0.2, 0) is 15.7 Å². The molecule has 2 aliphatic heterocycles. The number of ether oxygens (including phenoxy) is 1. The van der Waals surface area contributed by atoms with Crippen molar-refractivity contribution in [2.75, 3.05) is 49.2 Å². The average molecular weight is 445 g/mol. The molecule has 8 nitrogen and oxygen atoms in total. The van der Waals surface area contributed by atoms with Crippen molar-refractivity contribution in [2.45, 2.75) is 23.2 Å². The number of fused-ring (bicyclic) bond motifs is 1. The first-order valence-electron chi connectivity index (χ1n) is 10.2. The lowest BCUT2D eigenvalue weighted by atomic mass is 10.1. The first-order chi connectivity index (χ1) is 14.8. The van der Waals surface area contributed by atoms with Gasteiger partial charge in [0.25, 0.3) is 0 Å². The first kappa shape index (κ1) is 19.8. The highest BCUT2D eigenvalue weighted by atomic mass is 32.2. The molecular weight excluding hydrogens is 420 g/mol. The molecule has 2 aliphatic rings. The second kappa shape index (κ2) is 8.93. The SMILES string of the molecule is O=S(NC1CCCN(c2ncnc3cc(N4CCOCC4)ccc23)C1)c1nccs1. The second-order valence-electron chi connectivity index (χ2n) is 7.47. The van der Waals surface area contributed by atoms with Gasteiger partial charge in [-0.2, -0.15) is 0 Å². The van der Waals surface area contributed by atoms with Crippen molar-refractivity contribution >= 4 is 44.7 Å². The van der Waals surface area contributed by atoms with Gasteiger partial charge in [-0.25, -0.2) is 23.9 Å². The maximum atomic E-state index is 12.5. The normalized spacial score (nSPS) is 21.1. The van der Waals surface area contributed by atoms with Crippen LogP contribution in [-0.4, -0.2) is 64.6 Å². The van der Waals surface area contributed by atoms with Crippen LogP contribution in [0.1, 0.15) is 12.8 Å². The molecule has 2 aromatic heterocycles. The van der Waals surface area contributed by atoms with Crippen LogP contribution in [0.5, 0.6) is 0 Å². The number of nitrogens with one attached hydrogen (secondary N) is 1. The fraction of sp³-hybridized carbons (Fsp3) is 0.450. The summed E-state index contributed by atoms with van der Waals surface area (Å²) in [4.78, 5) is 17.9. The van der Waals surface area contributed by atoms with Gasteiger partial charge in [-0.3, -0.25) is 0 Å². The van der Waals surface area contributed by atoms with E-state index >= 15 is 0 Å². The maximum absolute atomic E-state index is 12.5. The van der Waals surface area contributed by atoms with Crippen molar-refractivity contribution in [3.63, 3.8) is 0 Å². The predicted molar refractivity (Wildman–Crippen MR) is 119 cm³/mol. The van der Waals surface area contributed by atoms with Crippen molar-refractivity contribution < 1.29 is 8.95 Å². The van der Waals surface area contributed by atoms with Crippen LogP contribution in [0.25, 0.3) is 10.9 Å². The van der Waals surface area contributed by atoms with E-state index in [1.807, 2.05) is 5.38 Å². The molecule has 0 aliphatic carbocycles. The summed E-state index contributed by atoms with van der Waals surface area (Å²) in [5.41, 5.74) is 2.12. The number of piperidine rings is 1. The van der Waals surface area contributed by atoms with E-state index in [1.54, 1.807) is 12.5 Å². The Bertz CT molecular complexity index is 1030. The summed E-state index contributed by atoms with van der Waals surface area (Å²) in [5.74, 6) is 0.944. The third-order valence-corrected chi connectivity index (χ3v) is 7.82. The van der Waals surface area contributed by atoms with Crippen molar-refractivity contribution in [3.05, 3.63) is 36.1 Å². The van der Waals surface area contributed by atoms with E-state index in [0.29, 0.717) is 4.34 Å². The summed E-state index contributed by atoms with van der Waals surface area (Å²) < 4.78 is 21.8. The summed E-state index contributed by atoms with van der Waals surface area (Å²) in [5, 5.41) is 2.90. The Morgan fingerprint density at radius 3 is 2.87 bits per heavy atom. The number of rotatable bonds is 5. The molecule has 0 bridgehead atoms. The third kappa shape index (κ3) is 4.18. The highest BCUT2D eigenvalue weighted by Gasteiger charge is 2.25. The van der Waals surface area contributed by atoms with Crippen LogP contribution in [0.4, 0.5) is 11.5 Å². The van der Waals surface area contributed by atoms with Crippen LogP contribution >= 0.6 is 11.3 Å². The molecule has 158 valence electrons. The van der Waals surface area contributed by atoms with Crippen molar-refractivity contribution in [1.82, 2.24) is 19.7 Å². The zero-order valence-electron chi connectivity index (χ0n) is 16.6. The quantitative estimate of drug-likeness (QED) is 0.646. The van der Waals surface area contributed by atoms with Gasteiger partial charge in [0.15, 0.2) is 15.3 Å². The Labute approximate surface area is 181 Å². The smallest absolute Gasteiger partial charge is 0.196 e. The van der Waals surface area contributed by atoms with E-state index in [9.17, 15) is 4.21 Å². The fourth-order valence-electron chi connectivity index (χ4n) is 4.07. The standard InChI is InChI=1S/C20H24N6O2S2/c27-30(20-21-5-11-29-20)24-15-2-1-6-26(13-15)19-17-4-3-16(12-18(17)22-14-23-19)25-7-9-28-10-8-25/h3-5,11-12,14-15,24H,1-2,6-10,13H2. The molecule has 2 atom stereocenters. The van der Waals surface area contributed by atoms with Crippen LogP contribution in [0.2, 0.25) is 0 Å². The molecule has 0 radical (unpaired) electrons. The molecule has 2 unspecified atom stereocenters. The summed E-state index contributed by atoms with van der Waals surface area (Å²) in [7, 11) is -1.27. The summed E-state index contributed by atoms with van der Waals surface area (Å²) in [6, 6.07) is 6.54. The zero-order chi connectivity index (χ0) is 20.3. The molecule has 1 aromatic carbocycles. The van der Waals surface area contributed by atoms with Gasteiger partial charge in [0.2, 0.25) is 0 Å². The maximum Gasteiger partial charge on any atom is 0.196 e. The molecular formula is C20H24N6O2S2. The second-order valence-corrected chi connectivity index (χ2v) is 9.78. The van der Waals surface area contributed by atoms with Gasteiger partial charge in [0.05, 0.1) is 18.7 Å². The fourth-order valence-corrected chi connectivity index (χ4v) is 5.84. The van der Waals surface area contributed by atoms with Crippen molar-refractivity contribution in [1.29, 1.82) is 0 Å². The molecule has 3 aromatic rings. The van der Waals surface area contributed by atoms with Crippen molar-refractivity contribution in [2.24, 2.45) is 0 Å². The Morgan fingerprint density at radius 2 is 2.03 bits per heavy atom. The third-order valence-electron chi connectivity index (χ3n) is 5.54. The lowest BCUT2D eigenvalue weighted by Gasteiger charge is -2.34. The number of thiazole rings is 1. The molecule has 0 amide bonds. The number of benzene rings is 1. The Kier molecular flexibility index (Phi) is 5.89. The number of hydrogen-bond acceptors (Lipinski definition) is 8. The minimum Gasteiger partial charge on any atom is -0.378 e. The molecule has 30 heavy (non-hydrogen) atoms. The lowest BCUT2D eigenvalue weighted by molar-refractivity contribution is 0.122. The van der Waals surface area contributed by atoms with E-state index in [0.717, 1.165) is 69.0 Å². The van der Waals surface area contributed by atoms with E-state index in [4.69, 9.17) is 4.74 Å². The molecule has 5 rings (SSSR count). The molecule has 2 saturated heterocycles. The van der Waals surface area contributed by atoms with E-state index in [2.05, 4.69) is 47.7 Å². The monoisotopic (exact) mass is 444 g/mol. The van der Waals surface area contributed by atoms with Gasteiger partial charge in [-0.15, -0.1) is 11.3 Å². The summed E-state index contributed by atoms with van der Waals surface area (Å²) >= 11 is 1.41. The average Bonchev–Trinajstić information content (AvgIpc) is 3.34. The molecule has 1 N–H and O–H groups in total. The minimum atomic E-state index is -1.27. The number of anilines is 2. The predicted octanol–water partition coefficient (Wildman–Crippen LogP) is 2.20. The van der Waals surface area contributed by atoms with Gasteiger partial charge >= 0.3 is 0 Å². The first-order valence-corrected chi connectivity index (χ1v) is 12.2. The topological polar surface area (TPSA) is 83.5 Å². The number of hydrogen-bond donors (Lipinski definition) is 1. The van der Waals surface area contributed by atoms with Gasteiger partial charge in [0, 0.05) is 54.9 Å². The van der Waals surface area contributed by atoms with E-state index in [1.165, 1.54) is 17.0 Å². The number of aromatic nitrogens is 3. The van der Waals surface area contributed by atoms with Gasteiger partial charge < -0.3 is 14.5 Å². The van der Waals surface area contributed by atoms with Gasteiger partial charge in [-0.05, 0) is 31.0 Å². The minimum absolute atomic E-state index is 0.126. The molecule has 0 spiro atoms. The Morgan fingerprint density at radius 1 is 1.13 bits per heavy atom. The molecule has 4 heterocycles. The largest absolute Gasteiger partial charge is 0.378 e. The van der Waals surface area contributed by atoms with Gasteiger partial charge in [-0.1, -0.05) is 0 Å². The zero-order valence-corrected chi connectivity index (χ0v) is 18.2. The van der Waals surface area contributed by atoms with Gasteiger partial charge in [0.1, 0.15) is 12.1 Å². The van der Waals surface area contributed by atoms with E-state index < -0.39 is 11.0 Å².